The number of hydrogen-bond acceptors (Lipinski definition) is 3. The van der Waals surface area contributed by atoms with Crippen molar-refractivity contribution in [3.8, 4) is 0 Å². The summed E-state index contributed by atoms with van der Waals surface area (Å²) in [4.78, 5) is 1.95. The molecule has 0 unspecified atom stereocenters. The van der Waals surface area contributed by atoms with Crippen molar-refractivity contribution >= 4 is 5.82 Å². The molecule has 0 amide bonds. The van der Waals surface area contributed by atoms with E-state index >= 15 is 0 Å². The van der Waals surface area contributed by atoms with Gasteiger partial charge >= 0.3 is 0 Å². The number of aromatic amines is 1. The summed E-state index contributed by atoms with van der Waals surface area (Å²) < 4.78 is 0. The zero-order valence-electron chi connectivity index (χ0n) is 6.96. The molecule has 62 valence electrons. The van der Waals surface area contributed by atoms with Crippen molar-refractivity contribution < 1.29 is 0 Å². The molecule has 1 aromatic heterocycles. The maximum absolute atomic E-state index is 5.38. The summed E-state index contributed by atoms with van der Waals surface area (Å²) in [5, 5.41) is 7.00. The Hall–Kier alpha value is -1.03. The quantitative estimate of drug-likeness (QED) is 0.643. The van der Waals surface area contributed by atoms with Crippen LogP contribution >= 0.6 is 0 Å². The highest BCUT2D eigenvalue weighted by Crippen LogP contribution is 2.07. The van der Waals surface area contributed by atoms with Crippen LogP contribution in [0.5, 0.6) is 0 Å². The molecule has 0 spiro atoms. The minimum Gasteiger partial charge on any atom is -0.361 e. The molecule has 0 fully saturated rings. The molecule has 1 aromatic rings. The lowest BCUT2D eigenvalue weighted by molar-refractivity contribution is 0.898. The molecule has 4 heteroatoms. The Balaban J connectivity index is 2.66. The van der Waals surface area contributed by atoms with Gasteiger partial charge in [0.05, 0.1) is 0 Å². The molecule has 0 saturated carbocycles. The topological polar surface area (TPSA) is 57.9 Å². The third-order valence-corrected chi connectivity index (χ3v) is 1.49. The molecule has 0 aliphatic heterocycles. The van der Waals surface area contributed by atoms with Crippen molar-refractivity contribution in [3.63, 3.8) is 0 Å². The standard InChI is InChI=1S/C7H14N4/c1-11(2)7-5-6(3-4-8)9-10-7/h5H,3-4,8H2,1-2H3,(H,9,10). The van der Waals surface area contributed by atoms with E-state index in [4.69, 9.17) is 5.73 Å². The molecule has 0 bridgehead atoms. The van der Waals surface area contributed by atoms with Gasteiger partial charge in [0.25, 0.3) is 0 Å². The lowest BCUT2D eigenvalue weighted by Gasteiger charge is -2.05. The Kier molecular flexibility index (Phi) is 2.48. The minimum absolute atomic E-state index is 0.662. The van der Waals surface area contributed by atoms with Gasteiger partial charge in [0.2, 0.25) is 0 Å². The SMILES string of the molecule is CN(C)c1cc(CCN)[nH]n1. The lowest BCUT2D eigenvalue weighted by atomic mass is 10.3. The molecular formula is C7H14N4. The Morgan fingerprint density at radius 1 is 1.64 bits per heavy atom. The molecule has 4 nitrogen and oxygen atoms in total. The fourth-order valence-electron chi connectivity index (χ4n) is 0.862. The number of rotatable bonds is 3. The van der Waals surface area contributed by atoms with E-state index in [2.05, 4.69) is 10.2 Å². The van der Waals surface area contributed by atoms with Gasteiger partial charge < -0.3 is 10.6 Å². The van der Waals surface area contributed by atoms with Gasteiger partial charge in [-0.1, -0.05) is 0 Å². The Labute approximate surface area is 66.4 Å². The van der Waals surface area contributed by atoms with E-state index in [1.807, 2.05) is 25.1 Å². The Bertz CT molecular complexity index is 216. The van der Waals surface area contributed by atoms with Crippen LogP contribution in [0.3, 0.4) is 0 Å². The first-order chi connectivity index (χ1) is 5.24. The van der Waals surface area contributed by atoms with Gasteiger partial charge in [0.15, 0.2) is 0 Å². The van der Waals surface area contributed by atoms with Crippen LogP contribution in [0.4, 0.5) is 5.82 Å². The van der Waals surface area contributed by atoms with E-state index in [0.29, 0.717) is 6.54 Å². The van der Waals surface area contributed by atoms with Gasteiger partial charge in [-0.15, -0.1) is 0 Å². The molecule has 0 saturated heterocycles. The van der Waals surface area contributed by atoms with Gasteiger partial charge in [-0.25, -0.2) is 0 Å². The van der Waals surface area contributed by atoms with Crippen molar-refractivity contribution in [2.75, 3.05) is 25.5 Å². The normalized spacial score (nSPS) is 10.1. The van der Waals surface area contributed by atoms with E-state index in [-0.39, 0.29) is 0 Å². The van der Waals surface area contributed by atoms with Crippen LogP contribution in [-0.4, -0.2) is 30.8 Å². The minimum atomic E-state index is 0.662. The van der Waals surface area contributed by atoms with Gasteiger partial charge in [0.1, 0.15) is 5.82 Å². The second-order valence-corrected chi connectivity index (χ2v) is 2.68. The second-order valence-electron chi connectivity index (χ2n) is 2.68. The third-order valence-electron chi connectivity index (χ3n) is 1.49. The number of nitrogens with two attached hydrogens (primary N) is 1. The molecular weight excluding hydrogens is 140 g/mol. The molecule has 11 heavy (non-hydrogen) atoms. The molecule has 0 aliphatic carbocycles. The monoisotopic (exact) mass is 154 g/mol. The molecule has 0 aliphatic rings. The van der Waals surface area contributed by atoms with E-state index in [0.717, 1.165) is 17.9 Å². The van der Waals surface area contributed by atoms with Crippen LogP contribution in [0.25, 0.3) is 0 Å². The van der Waals surface area contributed by atoms with Crippen LogP contribution in [0.2, 0.25) is 0 Å². The van der Waals surface area contributed by atoms with E-state index in [9.17, 15) is 0 Å². The van der Waals surface area contributed by atoms with Crippen molar-refractivity contribution in [2.24, 2.45) is 5.73 Å². The first-order valence-corrected chi connectivity index (χ1v) is 3.65. The number of hydrogen-bond donors (Lipinski definition) is 2. The van der Waals surface area contributed by atoms with Crippen molar-refractivity contribution in [3.05, 3.63) is 11.8 Å². The molecule has 0 atom stereocenters. The Morgan fingerprint density at radius 3 is 2.82 bits per heavy atom. The predicted octanol–water partition coefficient (Wildman–Crippen LogP) is -0.0231. The van der Waals surface area contributed by atoms with Crippen molar-refractivity contribution in [2.45, 2.75) is 6.42 Å². The summed E-state index contributed by atoms with van der Waals surface area (Å²) in [6.45, 7) is 0.662. The average Bonchev–Trinajstić information content (AvgIpc) is 2.37. The van der Waals surface area contributed by atoms with Crippen molar-refractivity contribution in [1.29, 1.82) is 0 Å². The number of nitrogens with one attached hydrogen (secondary N) is 1. The third kappa shape index (κ3) is 1.94. The molecule has 0 aromatic carbocycles. The zero-order valence-corrected chi connectivity index (χ0v) is 6.96. The maximum Gasteiger partial charge on any atom is 0.150 e. The molecule has 1 heterocycles. The van der Waals surface area contributed by atoms with Crippen LogP contribution in [0.15, 0.2) is 6.07 Å². The summed E-state index contributed by atoms with van der Waals surface area (Å²) in [5.41, 5.74) is 6.48. The number of nitrogens with zero attached hydrogens (tertiary/aromatic N) is 2. The predicted molar refractivity (Wildman–Crippen MR) is 45.7 cm³/mol. The molecule has 0 radical (unpaired) electrons. The van der Waals surface area contributed by atoms with E-state index < -0.39 is 0 Å². The lowest BCUT2D eigenvalue weighted by Crippen LogP contribution is -2.08. The highest BCUT2D eigenvalue weighted by atomic mass is 15.2. The average molecular weight is 154 g/mol. The zero-order chi connectivity index (χ0) is 8.27. The summed E-state index contributed by atoms with van der Waals surface area (Å²) in [7, 11) is 3.92. The Morgan fingerprint density at radius 2 is 2.36 bits per heavy atom. The molecule has 1 rings (SSSR count). The summed E-state index contributed by atoms with van der Waals surface area (Å²) in [6.07, 6.45) is 0.862. The number of H-pyrrole nitrogens is 1. The van der Waals surface area contributed by atoms with Gasteiger partial charge in [-0.05, 0) is 6.54 Å². The van der Waals surface area contributed by atoms with Gasteiger partial charge in [-0.2, -0.15) is 5.10 Å². The fourth-order valence-corrected chi connectivity index (χ4v) is 0.862. The van der Waals surface area contributed by atoms with Gasteiger partial charge in [0, 0.05) is 32.3 Å². The van der Waals surface area contributed by atoms with Crippen LogP contribution < -0.4 is 10.6 Å². The summed E-state index contributed by atoms with van der Waals surface area (Å²) in [5.74, 6) is 0.952. The summed E-state index contributed by atoms with van der Waals surface area (Å²) in [6, 6.07) is 2.01. The fraction of sp³-hybridized carbons (Fsp3) is 0.571. The summed E-state index contributed by atoms with van der Waals surface area (Å²) >= 11 is 0. The van der Waals surface area contributed by atoms with Crippen LogP contribution in [0.1, 0.15) is 5.69 Å². The maximum atomic E-state index is 5.38. The smallest absolute Gasteiger partial charge is 0.150 e. The first kappa shape index (κ1) is 8.07. The van der Waals surface area contributed by atoms with Gasteiger partial charge in [-0.3, -0.25) is 5.10 Å². The van der Waals surface area contributed by atoms with Crippen LogP contribution in [0, 0.1) is 0 Å². The van der Waals surface area contributed by atoms with Crippen LogP contribution in [-0.2, 0) is 6.42 Å². The number of anilines is 1. The number of aromatic nitrogens is 2. The molecule has 3 N–H and O–H groups in total. The van der Waals surface area contributed by atoms with E-state index in [1.165, 1.54) is 0 Å². The highest BCUT2D eigenvalue weighted by Gasteiger charge is 2.00. The van der Waals surface area contributed by atoms with Crippen molar-refractivity contribution in [1.82, 2.24) is 10.2 Å². The second kappa shape index (κ2) is 3.39. The van der Waals surface area contributed by atoms with E-state index in [1.54, 1.807) is 0 Å². The first-order valence-electron chi connectivity index (χ1n) is 3.65. The largest absolute Gasteiger partial charge is 0.361 e. The highest BCUT2D eigenvalue weighted by molar-refractivity contribution is 5.36.